The van der Waals surface area contributed by atoms with Crippen molar-refractivity contribution in [1.82, 2.24) is 5.32 Å². The normalized spacial score (nSPS) is 21.5. The van der Waals surface area contributed by atoms with Crippen molar-refractivity contribution in [3.05, 3.63) is 34.6 Å². The van der Waals surface area contributed by atoms with Gasteiger partial charge in [-0.3, -0.25) is 0 Å². The molecule has 1 aromatic rings. The summed E-state index contributed by atoms with van der Waals surface area (Å²) in [7, 11) is 0. The fraction of sp³-hybridized carbons (Fsp3) is 0.500. The fourth-order valence-electron chi connectivity index (χ4n) is 2.19. The molecular weight excluding hydrogens is 177 g/mol. The predicted molar refractivity (Wildman–Crippen MR) is 56.1 cm³/mol. The Labute approximate surface area is 84.3 Å². The first-order valence-electron chi connectivity index (χ1n) is 5.16. The first-order chi connectivity index (χ1) is 6.68. The van der Waals surface area contributed by atoms with Crippen molar-refractivity contribution >= 4 is 0 Å². The molecular formula is C12H16FN. The molecule has 1 aromatic carbocycles. The molecule has 1 fully saturated rings. The Morgan fingerprint density at radius 2 is 2.14 bits per heavy atom. The summed E-state index contributed by atoms with van der Waals surface area (Å²) in [4.78, 5) is 0. The summed E-state index contributed by atoms with van der Waals surface area (Å²) >= 11 is 0. The lowest BCUT2D eigenvalue weighted by atomic mass is 9.92. The van der Waals surface area contributed by atoms with E-state index < -0.39 is 0 Å². The van der Waals surface area contributed by atoms with Gasteiger partial charge < -0.3 is 5.32 Å². The van der Waals surface area contributed by atoms with E-state index in [1.807, 2.05) is 13.8 Å². The standard InChI is InChI=1S/C12H16FN/c1-8-5-11(9(2)12(13)6-8)10-3-4-14-7-10/h5-6,10,14H,3-4,7H2,1-2H3. The molecule has 1 unspecified atom stereocenters. The Morgan fingerprint density at radius 1 is 1.36 bits per heavy atom. The van der Waals surface area contributed by atoms with Gasteiger partial charge in [-0.25, -0.2) is 4.39 Å². The van der Waals surface area contributed by atoms with Crippen molar-refractivity contribution in [3.63, 3.8) is 0 Å². The minimum atomic E-state index is -0.0631. The van der Waals surface area contributed by atoms with E-state index in [4.69, 9.17) is 0 Å². The lowest BCUT2D eigenvalue weighted by Crippen LogP contribution is -2.09. The molecule has 0 aromatic heterocycles. The van der Waals surface area contributed by atoms with Crippen LogP contribution in [0.3, 0.4) is 0 Å². The number of rotatable bonds is 1. The van der Waals surface area contributed by atoms with E-state index >= 15 is 0 Å². The third-order valence-electron chi connectivity index (χ3n) is 3.03. The third kappa shape index (κ3) is 1.67. The molecule has 0 amide bonds. The van der Waals surface area contributed by atoms with Gasteiger partial charge in [-0.1, -0.05) is 6.07 Å². The number of hydrogen-bond donors (Lipinski definition) is 1. The van der Waals surface area contributed by atoms with Crippen molar-refractivity contribution < 1.29 is 4.39 Å². The monoisotopic (exact) mass is 193 g/mol. The second-order valence-electron chi connectivity index (χ2n) is 4.15. The average Bonchev–Trinajstić information content (AvgIpc) is 2.63. The smallest absolute Gasteiger partial charge is 0.126 e. The van der Waals surface area contributed by atoms with E-state index in [0.29, 0.717) is 5.92 Å². The molecule has 1 saturated heterocycles. The van der Waals surface area contributed by atoms with Gasteiger partial charge in [0.25, 0.3) is 0 Å². The highest BCUT2D eigenvalue weighted by atomic mass is 19.1. The average molecular weight is 193 g/mol. The van der Waals surface area contributed by atoms with Gasteiger partial charge in [-0.15, -0.1) is 0 Å². The van der Waals surface area contributed by atoms with Crippen LogP contribution in [0.2, 0.25) is 0 Å². The molecule has 1 aliphatic rings. The Hall–Kier alpha value is -0.890. The van der Waals surface area contributed by atoms with E-state index in [1.54, 1.807) is 6.07 Å². The Kier molecular flexibility index (Phi) is 2.55. The molecule has 76 valence electrons. The molecule has 0 bridgehead atoms. The number of hydrogen-bond acceptors (Lipinski definition) is 1. The van der Waals surface area contributed by atoms with Crippen LogP contribution < -0.4 is 5.32 Å². The molecule has 1 heterocycles. The number of aryl methyl sites for hydroxylation is 1. The van der Waals surface area contributed by atoms with Crippen molar-refractivity contribution in [3.8, 4) is 0 Å². The molecule has 2 heteroatoms. The van der Waals surface area contributed by atoms with Crippen LogP contribution in [0.1, 0.15) is 29.0 Å². The molecule has 14 heavy (non-hydrogen) atoms. The molecule has 2 rings (SSSR count). The van der Waals surface area contributed by atoms with E-state index in [0.717, 1.165) is 30.6 Å². The largest absolute Gasteiger partial charge is 0.316 e. The van der Waals surface area contributed by atoms with Crippen LogP contribution >= 0.6 is 0 Å². The van der Waals surface area contributed by atoms with E-state index in [2.05, 4.69) is 11.4 Å². The Bertz CT molecular complexity index is 340. The third-order valence-corrected chi connectivity index (χ3v) is 3.03. The minimum Gasteiger partial charge on any atom is -0.316 e. The first-order valence-corrected chi connectivity index (χ1v) is 5.16. The minimum absolute atomic E-state index is 0.0631. The van der Waals surface area contributed by atoms with Crippen LogP contribution in [0.5, 0.6) is 0 Å². The fourth-order valence-corrected chi connectivity index (χ4v) is 2.19. The van der Waals surface area contributed by atoms with Crippen molar-refractivity contribution in [1.29, 1.82) is 0 Å². The number of halogens is 1. The van der Waals surface area contributed by atoms with E-state index in [9.17, 15) is 4.39 Å². The van der Waals surface area contributed by atoms with Gasteiger partial charge in [0.1, 0.15) is 5.82 Å². The van der Waals surface area contributed by atoms with Gasteiger partial charge >= 0.3 is 0 Å². The number of nitrogens with one attached hydrogen (secondary N) is 1. The lowest BCUT2D eigenvalue weighted by Gasteiger charge is -2.13. The molecule has 1 atom stereocenters. The van der Waals surface area contributed by atoms with Crippen LogP contribution in [0, 0.1) is 19.7 Å². The summed E-state index contributed by atoms with van der Waals surface area (Å²) in [6.45, 7) is 5.88. The van der Waals surface area contributed by atoms with Crippen molar-refractivity contribution in [2.45, 2.75) is 26.2 Å². The molecule has 0 aliphatic carbocycles. The van der Waals surface area contributed by atoms with Gasteiger partial charge in [0, 0.05) is 6.54 Å². The SMILES string of the molecule is Cc1cc(F)c(C)c(C2CCNC2)c1. The van der Waals surface area contributed by atoms with Gasteiger partial charge in [0.15, 0.2) is 0 Å². The van der Waals surface area contributed by atoms with Crippen LogP contribution in [0.15, 0.2) is 12.1 Å². The molecule has 1 N–H and O–H groups in total. The maximum Gasteiger partial charge on any atom is 0.126 e. The van der Waals surface area contributed by atoms with Crippen molar-refractivity contribution in [2.24, 2.45) is 0 Å². The summed E-state index contributed by atoms with van der Waals surface area (Å²) in [6, 6.07) is 3.73. The topological polar surface area (TPSA) is 12.0 Å². The highest BCUT2D eigenvalue weighted by Gasteiger charge is 2.19. The molecule has 0 radical (unpaired) electrons. The molecule has 0 spiro atoms. The summed E-state index contributed by atoms with van der Waals surface area (Å²) in [5.74, 6) is 0.441. The van der Waals surface area contributed by atoms with Crippen molar-refractivity contribution in [2.75, 3.05) is 13.1 Å². The second kappa shape index (κ2) is 3.70. The van der Waals surface area contributed by atoms with Crippen LogP contribution in [0.4, 0.5) is 4.39 Å². The van der Waals surface area contributed by atoms with Crippen LogP contribution in [-0.2, 0) is 0 Å². The quantitative estimate of drug-likeness (QED) is 0.722. The second-order valence-corrected chi connectivity index (χ2v) is 4.15. The predicted octanol–water partition coefficient (Wildman–Crippen LogP) is 2.52. The highest BCUT2D eigenvalue weighted by Crippen LogP contribution is 2.27. The summed E-state index contributed by atoms with van der Waals surface area (Å²) in [5.41, 5.74) is 3.03. The highest BCUT2D eigenvalue weighted by molar-refractivity contribution is 5.35. The molecule has 1 aliphatic heterocycles. The number of benzene rings is 1. The molecule has 0 saturated carbocycles. The van der Waals surface area contributed by atoms with Gasteiger partial charge in [0.05, 0.1) is 0 Å². The first kappa shape index (κ1) is 9.66. The summed E-state index contributed by atoms with van der Waals surface area (Å²) in [5, 5.41) is 3.31. The summed E-state index contributed by atoms with van der Waals surface area (Å²) in [6.07, 6.45) is 1.13. The zero-order valence-electron chi connectivity index (χ0n) is 8.73. The van der Waals surface area contributed by atoms with Gasteiger partial charge in [-0.2, -0.15) is 0 Å². The van der Waals surface area contributed by atoms with E-state index in [-0.39, 0.29) is 5.82 Å². The van der Waals surface area contributed by atoms with Crippen LogP contribution in [-0.4, -0.2) is 13.1 Å². The maximum absolute atomic E-state index is 13.5. The zero-order valence-corrected chi connectivity index (χ0v) is 8.73. The Balaban J connectivity index is 2.40. The van der Waals surface area contributed by atoms with Gasteiger partial charge in [-0.05, 0) is 55.5 Å². The lowest BCUT2D eigenvalue weighted by molar-refractivity contribution is 0.608. The van der Waals surface area contributed by atoms with Gasteiger partial charge in [0.2, 0.25) is 0 Å². The maximum atomic E-state index is 13.5. The van der Waals surface area contributed by atoms with Crippen LogP contribution in [0.25, 0.3) is 0 Å². The zero-order chi connectivity index (χ0) is 10.1. The summed E-state index contributed by atoms with van der Waals surface area (Å²) < 4.78 is 13.5. The Morgan fingerprint density at radius 3 is 2.79 bits per heavy atom. The molecule has 1 nitrogen and oxygen atoms in total. The van der Waals surface area contributed by atoms with E-state index in [1.165, 1.54) is 5.56 Å².